The number of ether oxygens (including phenoxy) is 1. The van der Waals surface area contributed by atoms with Crippen LogP contribution >= 0.6 is 11.6 Å². The monoisotopic (exact) mass is 256 g/mol. The molecule has 1 aromatic rings. The zero-order valence-electron chi connectivity index (χ0n) is 9.91. The van der Waals surface area contributed by atoms with E-state index < -0.39 is 0 Å². The maximum Gasteiger partial charge on any atom is 0.252 e. The molecule has 0 aliphatic heterocycles. The van der Waals surface area contributed by atoms with Crippen molar-refractivity contribution in [3.05, 3.63) is 29.0 Å². The summed E-state index contributed by atoms with van der Waals surface area (Å²) in [5.74, 6) is -0.198. The summed E-state index contributed by atoms with van der Waals surface area (Å²) >= 11 is 5.85. The van der Waals surface area contributed by atoms with Gasteiger partial charge in [-0.15, -0.1) is 0 Å². The number of rotatable bonds is 7. The predicted octanol–water partition coefficient (Wildman–Crippen LogP) is 2.28. The number of pyridine rings is 1. The fraction of sp³-hybridized carbons (Fsp3) is 0.500. The first-order valence-corrected chi connectivity index (χ1v) is 6.09. The van der Waals surface area contributed by atoms with Gasteiger partial charge in [-0.2, -0.15) is 0 Å². The van der Waals surface area contributed by atoms with Gasteiger partial charge in [-0.3, -0.25) is 9.78 Å². The van der Waals surface area contributed by atoms with E-state index in [4.69, 9.17) is 16.3 Å². The standard InChI is InChI=1S/C12H17ClN2O2/c1-2-3-7-17-8-6-15-12(16)10-4-5-14-9-11(10)13/h4-5,9H,2-3,6-8H2,1H3,(H,15,16). The molecule has 0 atom stereocenters. The second-order valence-electron chi connectivity index (χ2n) is 3.58. The molecule has 1 amide bonds. The summed E-state index contributed by atoms with van der Waals surface area (Å²) in [4.78, 5) is 15.5. The number of hydrogen-bond acceptors (Lipinski definition) is 3. The molecule has 1 aromatic heterocycles. The average Bonchev–Trinajstić information content (AvgIpc) is 2.34. The Bertz CT molecular complexity index is 358. The number of nitrogens with zero attached hydrogens (tertiary/aromatic N) is 1. The van der Waals surface area contributed by atoms with Gasteiger partial charge in [-0.25, -0.2) is 0 Å². The van der Waals surface area contributed by atoms with Crippen LogP contribution in [-0.4, -0.2) is 30.6 Å². The minimum atomic E-state index is -0.198. The van der Waals surface area contributed by atoms with Crippen LogP contribution in [0.3, 0.4) is 0 Å². The molecular formula is C12H17ClN2O2. The molecule has 0 unspecified atom stereocenters. The van der Waals surface area contributed by atoms with Crippen LogP contribution in [0.5, 0.6) is 0 Å². The van der Waals surface area contributed by atoms with Crippen LogP contribution in [-0.2, 0) is 4.74 Å². The number of amides is 1. The van der Waals surface area contributed by atoms with Gasteiger partial charge in [0.05, 0.1) is 17.2 Å². The fourth-order valence-corrected chi connectivity index (χ4v) is 1.44. The minimum Gasteiger partial charge on any atom is -0.380 e. The molecule has 17 heavy (non-hydrogen) atoms. The smallest absolute Gasteiger partial charge is 0.252 e. The Morgan fingerprint density at radius 3 is 3.06 bits per heavy atom. The number of aromatic nitrogens is 1. The topological polar surface area (TPSA) is 51.2 Å². The Morgan fingerprint density at radius 1 is 1.53 bits per heavy atom. The number of nitrogens with one attached hydrogen (secondary N) is 1. The van der Waals surface area contributed by atoms with E-state index in [9.17, 15) is 4.79 Å². The van der Waals surface area contributed by atoms with Crippen molar-refractivity contribution in [2.75, 3.05) is 19.8 Å². The van der Waals surface area contributed by atoms with Crippen molar-refractivity contribution in [3.8, 4) is 0 Å². The third kappa shape index (κ3) is 5.15. The van der Waals surface area contributed by atoms with Crippen molar-refractivity contribution in [1.29, 1.82) is 0 Å². The molecule has 0 aromatic carbocycles. The quantitative estimate of drug-likeness (QED) is 0.762. The highest BCUT2D eigenvalue weighted by molar-refractivity contribution is 6.33. The van der Waals surface area contributed by atoms with E-state index in [-0.39, 0.29) is 5.91 Å². The molecule has 0 aliphatic rings. The lowest BCUT2D eigenvalue weighted by molar-refractivity contribution is 0.0913. The molecule has 1 heterocycles. The van der Waals surface area contributed by atoms with Gasteiger partial charge in [0.15, 0.2) is 0 Å². The molecule has 0 spiro atoms. The lowest BCUT2D eigenvalue weighted by Gasteiger charge is -2.06. The van der Waals surface area contributed by atoms with Gasteiger partial charge >= 0.3 is 0 Å². The van der Waals surface area contributed by atoms with Crippen molar-refractivity contribution in [3.63, 3.8) is 0 Å². The Morgan fingerprint density at radius 2 is 2.35 bits per heavy atom. The normalized spacial score (nSPS) is 10.2. The Kier molecular flexibility index (Phi) is 6.58. The SMILES string of the molecule is CCCCOCCNC(=O)c1ccncc1Cl. The van der Waals surface area contributed by atoms with E-state index in [1.165, 1.54) is 6.20 Å². The maximum atomic E-state index is 11.7. The van der Waals surface area contributed by atoms with Gasteiger partial charge in [-0.1, -0.05) is 24.9 Å². The number of unbranched alkanes of at least 4 members (excludes halogenated alkanes) is 1. The highest BCUT2D eigenvalue weighted by atomic mass is 35.5. The number of hydrogen-bond donors (Lipinski definition) is 1. The molecular weight excluding hydrogens is 240 g/mol. The summed E-state index contributed by atoms with van der Waals surface area (Å²) in [5.41, 5.74) is 0.440. The molecule has 0 fully saturated rings. The first-order chi connectivity index (χ1) is 8.25. The Balaban J connectivity index is 2.24. The summed E-state index contributed by atoms with van der Waals surface area (Å²) in [6, 6.07) is 1.59. The molecule has 0 bridgehead atoms. The summed E-state index contributed by atoms with van der Waals surface area (Å²) in [6.45, 7) is 3.86. The van der Waals surface area contributed by atoms with Crippen LogP contribution in [0.25, 0.3) is 0 Å². The van der Waals surface area contributed by atoms with E-state index in [2.05, 4.69) is 17.2 Å². The van der Waals surface area contributed by atoms with E-state index in [0.717, 1.165) is 19.4 Å². The number of carbonyl (C=O) groups is 1. The van der Waals surface area contributed by atoms with Gasteiger partial charge in [0.1, 0.15) is 0 Å². The van der Waals surface area contributed by atoms with Crippen LogP contribution in [0, 0.1) is 0 Å². The van der Waals surface area contributed by atoms with Crippen molar-refractivity contribution in [1.82, 2.24) is 10.3 Å². The second-order valence-corrected chi connectivity index (χ2v) is 3.98. The maximum absolute atomic E-state index is 11.7. The average molecular weight is 257 g/mol. The number of halogens is 1. The molecule has 4 nitrogen and oxygen atoms in total. The first kappa shape index (κ1) is 13.9. The summed E-state index contributed by atoms with van der Waals surface area (Å²) in [7, 11) is 0. The van der Waals surface area contributed by atoms with Crippen LogP contribution in [0.1, 0.15) is 30.1 Å². The van der Waals surface area contributed by atoms with Gasteiger partial charge in [0.25, 0.3) is 5.91 Å². The zero-order valence-corrected chi connectivity index (χ0v) is 10.7. The molecule has 1 rings (SSSR count). The largest absolute Gasteiger partial charge is 0.380 e. The van der Waals surface area contributed by atoms with Crippen LogP contribution in [0.15, 0.2) is 18.5 Å². The molecule has 0 saturated heterocycles. The molecule has 5 heteroatoms. The predicted molar refractivity (Wildman–Crippen MR) is 67.3 cm³/mol. The summed E-state index contributed by atoms with van der Waals surface area (Å²) in [6.07, 6.45) is 5.15. The van der Waals surface area contributed by atoms with Gasteiger partial charge in [0, 0.05) is 25.5 Å². The minimum absolute atomic E-state index is 0.198. The van der Waals surface area contributed by atoms with Crippen LogP contribution in [0.2, 0.25) is 5.02 Å². The lowest BCUT2D eigenvalue weighted by atomic mass is 10.2. The van der Waals surface area contributed by atoms with Gasteiger partial charge < -0.3 is 10.1 Å². The highest BCUT2D eigenvalue weighted by Crippen LogP contribution is 2.12. The van der Waals surface area contributed by atoms with E-state index in [0.29, 0.717) is 23.7 Å². The Hall–Kier alpha value is -1.13. The summed E-state index contributed by atoms with van der Waals surface area (Å²) in [5, 5.41) is 3.10. The van der Waals surface area contributed by atoms with E-state index in [1.54, 1.807) is 12.3 Å². The third-order valence-electron chi connectivity index (χ3n) is 2.19. The first-order valence-electron chi connectivity index (χ1n) is 5.71. The third-order valence-corrected chi connectivity index (χ3v) is 2.49. The molecule has 0 radical (unpaired) electrons. The van der Waals surface area contributed by atoms with Gasteiger partial charge in [-0.05, 0) is 12.5 Å². The lowest BCUT2D eigenvalue weighted by Crippen LogP contribution is -2.27. The Labute approximate surface area is 106 Å². The second kappa shape index (κ2) is 8.03. The van der Waals surface area contributed by atoms with Crippen molar-refractivity contribution < 1.29 is 9.53 Å². The molecule has 1 N–H and O–H groups in total. The van der Waals surface area contributed by atoms with Crippen LogP contribution < -0.4 is 5.32 Å². The van der Waals surface area contributed by atoms with Gasteiger partial charge in [0.2, 0.25) is 0 Å². The van der Waals surface area contributed by atoms with E-state index >= 15 is 0 Å². The zero-order chi connectivity index (χ0) is 12.5. The molecule has 94 valence electrons. The van der Waals surface area contributed by atoms with Crippen LogP contribution in [0.4, 0.5) is 0 Å². The highest BCUT2D eigenvalue weighted by Gasteiger charge is 2.08. The number of carbonyl (C=O) groups excluding carboxylic acids is 1. The summed E-state index contributed by atoms with van der Waals surface area (Å²) < 4.78 is 5.33. The van der Waals surface area contributed by atoms with Crippen molar-refractivity contribution in [2.45, 2.75) is 19.8 Å². The molecule has 0 saturated carbocycles. The van der Waals surface area contributed by atoms with E-state index in [1.807, 2.05) is 0 Å². The molecule has 0 aliphatic carbocycles. The van der Waals surface area contributed by atoms with Crippen molar-refractivity contribution in [2.24, 2.45) is 0 Å². The fourth-order valence-electron chi connectivity index (χ4n) is 1.24. The van der Waals surface area contributed by atoms with Crippen molar-refractivity contribution >= 4 is 17.5 Å².